The number of nitrogens with one attached hydrogen (secondary N) is 2. The fourth-order valence-electron chi connectivity index (χ4n) is 1.97. The van der Waals surface area contributed by atoms with Gasteiger partial charge in [0.25, 0.3) is 5.91 Å². The highest BCUT2D eigenvalue weighted by Gasteiger charge is 2.24. The van der Waals surface area contributed by atoms with Crippen molar-refractivity contribution in [1.29, 1.82) is 0 Å². The van der Waals surface area contributed by atoms with E-state index in [0.29, 0.717) is 11.3 Å². The van der Waals surface area contributed by atoms with E-state index >= 15 is 0 Å². The Balaban J connectivity index is 2.24. The Morgan fingerprint density at radius 1 is 1.17 bits per heavy atom. The van der Waals surface area contributed by atoms with Gasteiger partial charge in [0.15, 0.2) is 0 Å². The lowest BCUT2D eigenvalue weighted by atomic mass is 10.1. The highest BCUT2D eigenvalue weighted by molar-refractivity contribution is 6.00. The van der Waals surface area contributed by atoms with Crippen LogP contribution in [0.25, 0.3) is 0 Å². The van der Waals surface area contributed by atoms with Gasteiger partial charge in [-0.3, -0.25) is 4.79 Å². The maximum Gasteiger partial charge on any atom is 0.354 e. The smallest absolute Gasteiger partial charge is 0.354 e. The molecule has 0 radical (unpaired) electrons. The summed E-state index contributed by atoms with van der Waals surface area (Å²) in [6, 6.07) is 5.35. The quantitative estimate of drug-likeness (QED) is 0.606. The summed E-state index contributed by atoms with van der Waals surface area (Å²) in [4.78, 5) is 35.4. The molecule has 0 aromatic heterocycles. The van der Waals surface area contributed by atoms with Crippen LogP contribution in [0.5, 0.6) is 0 Å². The number of anilines is 1. The van der Waals surface area contributed by atoms with E-state index in [1.807, 2.05) is 6.92 Å². The first-order chi connectivity index (χ1) is 11.4. The molecule has 24 heavy (non-hydrogen) atoms. The number of methoxy groups -OCH3 is 2. The van der Waals surface area contributed by atoms with Gasteiger partial charge in [0.2, 0.25) is 0 Å². The van der Waals surface area contributed by atoms with Gasteiger partial charge >= 0.3 is 11.9 Å². The normalized spacial score (nSPS) is 13.9. The Morgan fingerprint density at radius 3 is 2.46 bits per heavy atom. The number of amides is 1. The highest BCUT2D eigenvalue weighted by atomic mass is 16.5. The molecule has 1 aromatic rings. The van der Waals surface area contributed by atoms with E-state index in [1.165, 1.54) is 14.2 Å². The minimum absolute atomic E-state index is 0.0767. The number of hydrogen-bond donors (Lipinski definition) is 2. The number of benzene rings is 1. The Hall–Kier alpha value is -2.83. The summed E-state index contributed by atoms with van der Waals surface area (Å²) in [5.41, 5.74) is 1.72. The van der Waals surface area contributed by atoms with Crippen molar-refractivity contribution in [2.45, 2.75) is 25.8 Å². The van der Waals surface area contributed by atoms with Crippen LogP contribution in [-0.2, 0) is 19.1 Å². The lowest BCUT2D eigenvalue weighted by molar-refractivity contribution is -0.138. The van der Waals surface area contributed by atoms with Crippen LogP contribution in [0.15, 0.2) is 30.0 Å². The first-order valence-corrected chi connectivity index (χ1v) is 7.51. The van der Waals surface area contributed by atoms with Crippen molar-refractivity contribution in [2.24, 2.45) is 0 Å². The summed E-state index contributed by atoms with van der Waals surface area (Å²) in [5.74, 6) is -1.58. The van der Waals surface area contributed by atoms with E-state index < -0.39 is 11.9 Å². The Bertz CT molecular complexity index is 692. The van der Waals surface area contributed by atoms with E-state index in [2.05, 4.69) is 20.1 Å². The van der Waals surface area contributed by atoms with Gasteiger partial charge in [0.1, 0.15) is 5.70 Å². The number of esters is 2. The van der Waals surface area contributed by atoms with Gasteiger partial charge in [0, 0.05) is 17.3 Å². The highest BCUT2D eigenvalue weighted by Crippen LogP contribution is 2.22. The Labute approximate surface area is 140 Å². The molecule has 7 heteroatoms. The molecule has 1 amide bonds. The first kappa shape index (κ1) is 17.5. The molecule has 1 aromatic carbocycles. The van der Waals surface area contributed by atoms with Gasteiger partial charge in [-0.25, -0.2) is 9.59 Å². The molecule has 1 aliphatic carbocycles. The molecule has 2 rings (SSSR count). The van der Waals surface area contributed by atoms with E-state index in [1.54, 1.807) is 18.2 Å². The van der Waals surface area contributed by atoms with Crippen molar-refractivity contribution >= 4 is 23.5 Å². The fourth-order valence-corrected chi connectivity index (χ4v) is 1.97. The standard InChI is InChI=1S/C17H20N2O5/c1-10-4-5-11(16(21)18-12-6-7-12)8-13(10)19-14(17(22)24-3)9-15(20)23-2/h4-5,8-9,12,19H,6-7H2,1-3H3,(H,18,21)/b14-9+. The van der Waals surface area contributed by atoms with E-state index in [9.17, 15) is 14.4 Å². The molecule has 1 saturated carbocycles. The third kappa shape index (κ3) is 4.58. The maximum absolute atomic E-state index is 12.1. The summed E-state index contributed by atoms with van der Waals surface area (Å²) in [6.07, 6.45) is 3.00. The SMILES string of the molecule is COC(=O)/C=C(/Nc1cc(C(=O)NC2CC2)ccc1C)C(=O)OC. The summed E-state index contributed by atoms with van der Waals surface area (Å²) in [5, 5.41) is 5.73. The Morgan fingerprint density at radius 2 is 1.88 bits per heavy atom. The predicted octanol–water partition coefficient (Wildman–Crippen LogP) is 1.53. The van der Waals surface area contributed by atoms with Crippen LogP contribution in [0.2, 0.25) is 0 Å². The molecule has 0 saturated heterocycles. The molecular weight excluding hydrogens is 312 g/mol. The largest absolute Gasteiger partial charge is 0.466 e. The zero-order valence-electron chi connectivity index (χ0n) is 13.8. The van der Waals surface area contributed by atoms with Crippen LogP contribution >= 0.6 is 0 Å². The molecule has 0 spiro atoms. The van der Waals surface area contributed by atoms with Crippen molar-refractivity contribution in [3.63, 3.8) is 0 Å². The van der Waals surface area contributed by atoms with Crippen molar-refractivity contribution in [3.05, 3.63) is 41.1 Å². The van der Waals surface area contributed by atoms with Crippen LogP contribution in [-0.4, -0.2) is 38.1 Å². The lowest BCUT2D eigenvalue weighted by Gasteiger charge is -2.13. The number of hydrogen-bond acceptors (Lipinski definition) is 6. The number of carbonyl (C=O) groups is 3. The molecule has 1 fully saturated rings. The van der Waals surface area contributed by atoms with E-state index in [-0.39, 0.29) is 17.6 Å². The third-order valence-corrected chi connectivity index (χ3v) is 3.55. The van der Waals surface area contributed by atoms with Crippen molar-refractivity contribution in [3.8, 4) is 0 Å². The zero-order chi connectivity index (χ0) is 17.7. The Kier molecular flexibility index (Phi) is 5.57. The molecule has 7 nitrogen and oxygen atoms in total. The topological polar surface area (TPSA) is 93.7 Å². The molecule has 0 aliphatic heterocycles. The average Bonchev–Trinajstić information content (AvgIpc) is 3.38. The van der Waals surface area contributed by atoms with Gasteiger partial charge in [-0.05, 0) is 37.5 Å². The van der Waals surface area contributed by atoms with Crippen LogP contribution in [0, 0.1) is 6.92 Å². The maximum atomic E-state index is 12.1. The molecule has 0 heterocycles. The van der Waals surface area contributed by atoms with E-state index in [4.69, 9.17) is 0 Å². The van der Waals surface area contributed by atoms with Crippen molar-refractivity contribution < 1.29 is 23.9 Å². The first-order valence-electron chi connectivity index (χ1n) is 7.51. The van der Waals surface area contributed by atoms with Gasteiger partial charge < -0.3 is 20.1 Å². The van der Waals surface area contributed by atoms with E-state index in [0.717, 1.165) is 24.5 Å². The molecule has 128 valence electrons. The molecule has 1 aliphatic rings. The summed E-state index contributed by atoms with van der Waals surface area (Å²) < 4.78 is 9.18. The molecule has 0 bridgehead atoms. The minimum atomic E-state index is -0.715. The summed E-state index contributed by atoms with van der Waals surface area (Å²) >= 11 is 0. The fraction of sp³-hybridized carbons (Fsp3) is 0.353. The molecular formula is C17H20N2O5. The number of ether oxygens (including phenoxy) is 2. The van der Waals surface area contributed by atoms with Crippen molar-refractivity contribution in [1.82, 2.24) is 5.32 Å². The van der Waals surface area contributed by atoms with Gasteiger partial charge in [-0.2, -0.15) is 0 Å². The minimum Gasteiger partial charge on any atom is -0.466 e. The molecule has 0 unspecified atom stereocenters. The summed E-state index contributed by atoms with van der Waals surface area (Å²) in [6.45, 7) is 1.82. The van der Waals surface area contributed by atoms with Gasteiger partial charge in [-0.1, -0.05) is 6.07 Å². The number of carbonyl (C=O) groups excluding carboxylic acids is 3. The predicted molar refractivity (Wildman–Crippen MR) is 87.4 cm³/mol. The second kappa shape index (κ2) is 7.63. The number of rotatable bonds is 6. The van der Waals surface area contributed by atoms with Crippen LogP contribution in [0.3, 0.4) is 0 Å². The average molecular weight is 332 g/mol. The molecule has 0 atom stereocenters. The second-order valence-electron chi connectivity index (χ2n) is 5.48. The lowest BCUT2D eigenvalue weighted by Crippen LogP contribution is -2.25. The third-order valence-electron chi connectivity index (χ3n) is 3.55. The zero-order valence-corrected chi connectivity index (χ0v) is 13.8. The van der Waals surface area contributed by atoms with Crippen molar-refractivity contribution in [2.75, 3.05) is 19.5 Å². The number of aryl methyl sites for hydroxylation is 1. The monoisotopic (exact) mass is 332 g/mol. The van der Waals surface area contributed by atoms with Crippen LogP contribution in [0.4, 0.5) is 5.69 Å². The summed E-state index contributed by atoms with van der Waals surface area (Å²) in [7, 11) is 2.42. The second-order valence-corrected chi connectivity index (χ2v) is 5.48. The van der Waals surface area contributed by atoms with Crippen LogP contribution in [0.1, 0.15) is 28.8 Å². The van der Waals surface area contributed by atoms with Gasteiger partial charge in [-0.15, -0.1) is 0 Å². The molecule has 2 N–H and O–H groups in total. The van der Waals surface area contributed by atoms with Gasteiger partial charge in [0.05, 0.1) is 20.3 Å². The van der Waals surface area contributed by atoms with Crippen LogP contribution < -0.4 is 10.6 Å².